The zero-order valence-corrected chi connectivity index (χ0v) is 15.4. The van der Waals surface area contributed by atoms with Gasteiger partial charge in [-0.2, -0.15) is 10.2 Å². The van der Waals surface area contributed by atoms with Crippen LogP contribution in [0.15, 0.2) is 30.6 Å². The first-order valence-corrected chi connectivity index (χ1v) is 9.67. The van der Waals surface area contributed by atoms with Crippen molar-refractivity contribution < 1.29 is 4.74 Å². The molecule has 2 fully saturated rings. The predicted molar refractivity (Wildman–Crippen MR) is 99.9 cm³/mol. The summed E-state index contributed by atoms with van der Waals surface area (Å²) in [5, 5.41) is 16.3. The highest BCUT2D eigenvalue weighted by molar-refractivity contribution is 5.36. The highest BCUT2D eigenvalue weighted by atomic mass is 16.5. The molecule has 2 saturated heterocycles. The van der Waals surface area contributed by atoms with Gasteiger partial charge in [0, 0.05) is 57.6 Å². The fourth-order valence-corrected chi connectivity index (χ4v) is 4.14. The molecule has 1 N–H and O–H groups in total. The van der Waals surface area contributed by atoms with Crippen LogP contribution in [0.25, 0.3) is 0 Å². The Kier molecular flexibility index (Phi) is 5.45. The zero-order valence-electron chi connectivity index (χ0n) is 15.4. The normalized spacial score (nSPS) is 24.7. The number of aryl methyl sites for hydroxylation is 1. The topological polar surface area (TPSA) is 68.1 Å². The van der Waals surface area contributed by atoms with Crippen molar-refractivity contribution >= 4 is 5.82 Å². The SMILES string of the molecule is Cn1nccc1[C@@H]1OCCC[C@H]1CNC1CCN(c2cccnn2)CC1. The molecule has 2 aliphatic heterocycles. The van der Waals surface area contributed by atoms with E-state index in [0.29, 0.717) is 12.0 Å². The second kappa shape index (κ2) is 8.14. The monoisotopic (exact) mass is 356 g/mol. The summed E-state index contributed by atoms with van der Waals surface area (Å²) in [6.45, 7) is 3.92. The van der Waals surface area contributed by atoms with E-state index in [9.17, 15) is 0 Å². The van der Waals surface area contributed by atoms with Gasteiger partial charge in [0.2, 0.25) is 0 Å². The van der Waals surface area contributed by atoms with E-state index in [0.717, 1.165) is 51.3 Å². The lowest BCUT2D eigenvalue weighted by molar-refractivity contribution is -0.0331. The van der Waals surface area contributed by atoms with Crippen LogP contribution < -0.4 is 10.2 Å². The smallest absolute Gasteiger partial charge is 0.151 e. The van der Waals surface area contributed by atoms with Crippen molar-refractivity contribution in [1.82, 2.24) is 25.3 Å². The lowest BCUT2D eigenvalue weighted by Crippen LogP contribution is -2.45. The standard InChI is InChI=1S/C19H28N6O/c1-24-17(6-10-22-24)19-15(4-3-13-26-19)14-20-16-7-11-25(12-8-16)18-5-2-9-21-23-18/h2,5-6,9-10,15-16,19-20H,3-4,7-8,11-14H2,1H3/t15-,19+/m0/s1. The Balaban J connectivity index is 1.29. The maximum atomic E-state index is 6.11. The van der Waals surface area contributed by atoms with Gasteiger partial charge >= 0.3 is 0 Å². The molecule has 0 radical (unpaired) electrons. The molecule has 0 unspecified atom stereocenters. The average molecular weight is 356 g/mol. The molecule has 26 heavy (non-hydrogen) atoms. The molecular weight excluding hydrogens is 328 g/mol. The number of hydrogen-bond acceptors (Lipinski definition) is 6. The molecule has 7 nitrogen and oxygen atoms in total. The Morgan fingerprint density at radius 2 is 2.08 bits per heavy atom. The van der Waals surface area contributed by atoms with Gasteiger partial charge in [0.1, 0.15) is 6.10 Å². The van der Waals surface area contributed by atoms with Gasteiger partial charge in [0.15, 0.2) is 5.82 Å². The molecular formula is C19H28N6O. The number of rotatable bonds is 5. The van der Waals surface area contributed by atoms with Crippen molar-refractivity contribution in [3.8, 4) is 0 Å². The van der Waals surface area contributed by atoms with Crippen LogP contribution in [0, 0.1) is 5.92 Å². The van der Waals surface area contributed by atoms with E-state index < -0.39 is 0 Å². The molecule has 4 heterocycles. The average Bonchev–Trinajstić information content (AvgIpc) is 3.13. The predicted octanol–water partition coefficient (Wildman–Crippen LogP) is 1.94. The van der Waals surface area contributed by atoms with E-state index in [4.69, 9.17) is 4.74 Å². The third-order valence-electron chi connectivity index (χ3n) is 5.64. The van der Waals surface area contributed by atoms with Gasteiger partial charge in [0.05, 0.1) is 5.69 Å². The molecule has 2 aromatic heterocycles. The molecule has 7 heteroatoms. The van der Waals surface area contributed by atoms with Crippen LogP contribution >= 0.6 is 0 Å². The Hall–Kier alpha value is -1.99. The number of piperidine rings is 1. The van der Waals surface area contributed by atoms with Crippen LogP contribution in [0.3, 0.4) is 0 Å². The van der Waals surface area contributed by atoms with Gasteiger partial charge < -0.3 is 15.0 Å². The minimum atomic E-state index is 0.156. The molecule has 0 amide bonds. The summed E-state index contributed by atoms with van der Waals surface area (Å²) < 4.78 is 8.05. The van der Waals surface area contributed by atoms with E-state index in [-0.39, 0.29) is 6.10 Å². The molecule has 2 aromatic rings. The van der Waals surface area contributed by atoms with E-state index in [1.165, 1.54) is 12.1 Å². The molecule has 2 atom stereocenters. The molecule has 0 bridgehead atoms. The van der Waals surface area contributed by atoms with Gasteiger partial charge in [0.25, 0.3) is 0 Å². The first-order chi connectivity index (χ1) is 12.8. The second-order valence-corrected chi connectivity index (χ2v) is 7.32. The third-order valence-corrected chi connectivity index (χ3v) is 5.64. The number of ether oxygens (including phenoxy) is 1. The number of nitrogens with zero attached hydrogens (tertiary/aromatic N) is 5. The van der Waals surface area contributed by atoms with Crippen molar-refractivity contribution in [1.29, 1.82) is 0 Å². The Morgan fingerprint density at radius 3 is 2.81 bits per heavy atom. The quantitative estimate of drug-likeness (QED) is 0.883. The molecule has 2 aliphatic rings. The van der Waals surface area contributed by atoms with Crippen molar-refractivity contribution in [2.75, 3.05) is 31.1 Å². The minimum absolute atomic E-state index is 0.156. The van der Waals surface area contributed by atoms with E-state index in [1.807, 2.05) is 30.1 Å². The van der Waals surface area contributed by atoms with Crippen LogP contribution in [-0.4, -0.2) is 52.3 Å². The summed E-state index contributed by atoms with van der Waals surface area (Å²) in [5.41, 5.74) is 1.19. The highest BCUT2D eigenvalue weighted by Crippen LogP contribution is 2.33. The first kappa shape index (κ1) is 17.4. The second-order valence-electron chi connectivity index (χ2n) is 7.32. The molecule has 140 valence electrons. The maximum absolute atomic E-state index is 6.11. The highest BCUT2D eigenvalue weighted by Gasteiger charge is 2.30. The fourth-order valence-electron chi connectivity index (χ4n) is 4.14. The van der Waals surface area contributed by atoms with Gasteiger partial charge in [-0.1, -0.05) is 0 Å². The van der Waals surface area contributed by atoms with E-state index in [2.05, 4.69) is 31.6 Å². The summed E-state index contributed by atoms with van der Waals surface area (Å²) in [7, 11) is 2.00. The Bertz CT molecular complexity index is 682. The first-order valence-electron chi connectivity index (χ1n) is 9.67. The van der Waals surface area contributed by atoms with Crippen molar-refractivity contribution in [2.24, 2.45) is 13.0 Å². The number of aromatic nitrogens is 4. The summed E-state index contributed by atoms with van der Waals surface area (Å²) in [5.74, 6) is 1.50. The van der Waals surface area contributed by atoms with Crippen LogP contribution in [0.2, 0.25) is 0 Å². The van der Waals surface area contributed by atoms with Crippen LogP contribution in [-0.2, 0) is 11.8 Å². The molecule has 0 aliphatic carbocycles. The Morgan fingerprint density at radius 1 is 1.19 bits per heavy atom. The van der Waals surface area contributed by atoms with Crippen LogP contribution in [0.4, 0.5) is 5.82 Å². The third kappa shape index (κ3) is 3.88. The van der Waals surface area contributed by atoms with E-state index >= 15 is 0 Å². The van der Waals surface area contributed by atoms with Crippen LogP contribution in [0.1, 0.15) is 37.5 Å². The zero-order chi connectivity index (χ0) is 17.8. The molecule has 0 aromatic carbocycles. The number of anilines is 1. The van der Waals surface area contributed by atoms with Gasteiger partial charge in [-0.05, 0) is 43.9 Å². The van der Waals surface area contributed by atoms with E-state index in [1.54, 1.807) is 6.20 Å². The summed E-state index contributed by atoms with van der Waals surface area (Å²) in [4.78, 5) is 2.33. The number of hydrogen-bond donors (Lipinski definition) is 1. The summed E-state index contributed by atoms with van der Waals surface area (Å²) in [6, 6.07) is 6.65. The van der Waals surface area contributed by atoms with Crippen molar-refractivity contribution in [2.45, 2.75) is 37.8 Å². The summed E-state index contributed by atoms with van der Waals surface area (Å²) in [6.07, 6.45) is 8.38. The lowest BCUT2D eigenvalue weighted by Gasteiger charge is -2.36. The molecule has 0 spiro atoms. The molecule has 4 rings (SSSR count). The maximum Gasteiger partial charge on any atom is 0.151 e. The summed E-state index contributed by atoms with van der Waals surface area (Å²) >= 11 is 0. The van der Waals surface area contributed by atoms with Gasteiger partial charge in [-0.3, -0.25) is 4.68 Å². The van der Waals surface area contributed by atoms with Gasteiger partial charge in [-0.15, -0.1) is 5.10 Å². The van der Waals surface area contributed by atoms with Gasteiger partial charge in [-0.25, -0.2) is 0 Å². The van der Waals surface area contributed by atoms with Crippen molar-refractivity contribution in [3.63, 3.8) is 0 Å². The van der Waals surface area contributed by atoms with Crippen LogP contribution in [0.5, 0.6) is 0 Å². The lowest BCUT2D eigenvalue weighted by atomic mass is 9.91. The fraction of sp³-hybridized carbons (Fsp3) is 0.632. The Labute approximate surface area is 154 Å². The van der Waals surface area contributed by atoms with Crippen molar-refractivity contribution in [3.05, 3.63) is 36.3 Å². The molecule has 0 saturated carbocycles. The minimum Gasteiger partial charge on any atom is -0.372 e. The number of nitrogens with one attached hydrogen (secondary N) is 1. The largest absolute Gasteiger partial charge is 0.372 e.